The third kappa shape index (κ3) is 1.61. The largest absolute Gasteiger partial charge is 0.331 e. The van der Waals surface area contributed by atoms with Crippen LogP contribution in [0.2, 0.25) is 5.02 Å². The van der Waals surface area contributed by atoms with Crippen molar-refractivity contribution in [3.8, 4) is 11.1 Å². The summed E-state index contributed by atoms with van der Waals surface area (Å²) in [5.74, 6) is 0. The quantitative estimate of drug-likeness (QED) is 0.662. The summed E-state index contributed by atoms with van der Waals surface area (Å²) in [5.41, 5.74) is 6.69. The van der Waals surface area contributed by atoms with E-state index in [1.165, 1.54) is 11.1 Å². The summed E-state index contributed by atoms with van der Waals surface area (Å²) in [4.78, 5) is 0. The second-order valence-corrected chi connectivity index (χ2v) is 5.21. The zero-order valence-electron chi connectivity index (χ0n) is 10.7. The molecule has 94 valence electrons. The number of allylic oxidation sites excluding steroid dienone is 5. The third-order valence-corrected chi connectivity index (χ3v) is 3.96. The van der Waals surface area contributed by atoms with Gasteiger partial charge in [0, 0.05) is 22.8 Å². The number of benzene rings is 2. The number of fused-ring (bicyclic) bond motifs is 4. The van der Waals surface area contributed by atoms with Crippen molar-refractivity contribution in [2.45, 2.75) is 0 Å². The molecule has 2 heteroatoms. The number of halogens is 1. The van der Waals surface area contributed by atoms with Crippen LogP contribution in [-0.4, -0.2) is 0 Å². The van der Waals surface area contributed by atoms with Crippen molar-refractivity contribution >= 4 is 22.9 Å². The fraction of sp³-hybridized carbons (Fsp3) is 0. The summed E-state index contributed by atoms with van der Waals surface area (Å²) in [6.45, 7) is 0. The summed E-state index contributed by atoms with van der Waals surface area (Å²) in [6, 6.07) is 14.4. The van der Waals surface area contributed by atoms with E-state index in [0.717, 1.165) is 27.5 Å². The van der Waals surface area contributed by atoms with E-state index in [2.05, 4.69) is 41.7 Å². The van der Waals surface area contributed by atoms with Crippen molar-refractivity contribution in [1.82, 2.24) is 0 Å². The molecule has 0 aromatic heterocycles. The second kappa shape index (κ2) is 4.35. The van der Waals surface area contributed by atoms with Crippen LogP contribution in [0.25, 0.3) is 16.7 Å². The lowest BCUT2D eigenvalue weighted by molar-refractivity contribution is 1.48. The van der Waals surface area contributed by atoms with E-state index >= 15 is 0 Å². The Morgan fingerprint density at radius 3 is 2.60 bits per heavy atom. The van der Waals surface area contributed by atoms with Crippen LogP contribution in [-0.2, 0) is 0 Å². The van der Waals surface area contributed by atoms with Gasteiger partial charge in [-0.1, -0.05) is 41.9 Å². The fourth-order valence-electron chi connectivity index (χ4n) is 2.73. The van der Waals surface area contributed by atoms with Gasteiger partial charge in [-0.2, -0.15) is 0 Å². The number of para-hydroxylation sites is 1. The predicted octanol–water partition coefficient (Wildman–Crippen LogP) is 5.07. The predicted molar refractivity (Wildman–Crippen MR) is 84.4 cm³/mol. The maximum atomic E-state index is 6.38. The Kier molecular flexibility index (Phi) is 2.50. The molecule has 20 heavy (non-hydrogen) atoms. The molecule has 2 aliphatic rings. The molecule has 1 nitrogen and oxygen atoms in total. The Morgan fingerprint density at radius 2 is 1.70 bits per heavy atom. The van der Waals surface area contributed by atoms with Crippen molar-refractivity contribution < 1.29 is 0 Å². The van der Waals surface area contributed by atoms with Gasteiger partial charge in [-0.15, -0.1) is 0 Å². The zero-order chi connectivity index (χ0) is 13.5. The van der Waals surface area contributed by atoms with E-state index in [1.807, 2.05) is 30.4 Å². The van der Waals surface area contributed by atoms with Gasteiger partial charge in [0.05, 0.1) is 16.8 Å². The highest BCUT2D eigenvalue weighted by molar-refractivity contribution is 6.34. The van der Waals surface area contributed by atoms with Gasteiger partial charge in [0.2, 0.25) is 0 Å². The average Bonchev–Trinajstić information content (AvgIpc) is 2.64. The van der Waals surface area contributed by atoms with Crippen LogP contribution in [0.3, 0.4) is 0 Å². The van der Waals surface area contributed by atoms with Crippen LogP contribution in [0.15, 0.2) is 66.4 Å². The van der Waals surface area contributed by atoms with Crippen molar-refractivity contribution in [3.63, 3.8) is 0 Å². The highest BCUT2D eigenvalue weighted by atomic mass is 35.5. The number of rotatable bonds is 0. The van der Waals surface area contributed by atoms with Gasteiger partial charge in [0.1, 0.15) is 17.7 Å². The minimum Gasteiger partial charge on any atom is -0.331 e. The van der Waals surface area contributed by atoms with Crippen LogP contribution in [0.1, 0.15) is 5.56 Å². The lowest BCUT2D eigenvalue weighted by Crippen LogP contribution is -2.00. The minimum absolute atomic E-state index is 0.734. The van der Waals surface area contributed by atoms with Gasteiger partial charge in [-0.05, 0) is 12.1 Å². The molecule has 0 atom stereocenters. The van der Waals surface area contributed by atoms with E-state index in [4.69, 9.17) is 11.6 Å². The van der Waals surface area contributed by atoms with Crippen molar-refractivity contribution in [1.29, 1.82) is 0 Å². The molecule has 0 spiro atoms. The lowest BCUT2D eigenvalue weighted by atomic mass is 9.93. The molecule has 0 fully saturated rings. The summed E-state index contributed by atoms with van der Waals surface area (Å²) in [5, 5.41) is 4.20. The molecular weight excluding hydrogens is 266 g/mol. The highest BCUT2D eigenvalue weighted by Crippen LogP contribution is 2.43. The molecule has 0 saturated heterocycles. The molecule has 2 aromatic rings. The van der Waals surface area contributed by atoms with E-state index in [0.29, 0.717) is 0 Å². The van der Waals surface area contributed by atoms with Gasteiger partial charge in [-0.3, -0.25) is 0 Å². The fourth-order valence-corrected chi connectivity index (χ4v) is 2.95. The number of hydrogen-bond donors (Lipinski definition) is 1. The van der Waals surface area contributed by atoms with Gasteiger partial charge in [0.25, 0.3) is 0 Å². The number of hydrogen-bond acceptors (Lipinski definition) is 1. The van der Waals surface area contributed by atoms with Crippen LogP contribution >= 0.6 is 11.6 Å². The summed E-state index contributed by atoms with van der Waals surface area (Å²) in [7, 11) is 0. The summed E-state index contributed by atoms with van der Waals surface area (Å²) >= 11 is 6.38. The topological polar surface area (TPSA) is 12.0 Å². The Hall–Kier alpha value is -2.34. The van der Waals surface area contributed by atoms with Gasteiger partial charge < -0.3 is 5.32 Å². The molecule has 0 saturated carbocycles. The first-order chi connectivity index (χ1) is 9.84. The van der Waals surface area contributed by atoms with Crippen molar-refractivity contribution in [3.05, 3.63) is 83.1 Å². The molecule has 0 radical (unpaired) electrons. The maximum absolute atomic E-state index is 6.38. The molecule has 1 heterocycles. The van der Waals surface area contributed by atoms with Crippen LogP contribution in [0.4, 0.5) is 5.69 Å². The van der Waals surface area contributed by atoms with E-state index in [1.54, 1.807) is 0 Å². The normalized spacial score (nSPS) is 14.7. The Bertz CT molecular complexity index is 797. The molecule has 1 N–H and O–H groups in total. The van der Waals surface area contributed by atoms with E-state index < -0.39 is 0 Å². The first-order valence-electron chi connectivity index (χ1n) is 6.50. The van der Waals surface area contributed by atoms with E-state index in [-0.39, 0.29) is 0 Å². The molecule has 0 unspecified atom stereocenters. The number of nitrogens with one attached hydrogen (secondary N) is 1. The molecule has 0 amide bonds. The third-order valence-electron chi connectivity index (χ3n) is 3.64. The first kappa shape index (κ1) is 11.5. The maximum Gasteiger partial charge on any atom is 0.161 e. The van der Waals surface area contributed by atoms with E-state index in [9.17, 15) is 0 Å². The molecule has 4 rings (SSSR count). The second-order valence-electron chi connectivity index (χ2n) is 4.80. The van der Waals surface area contributed by atoms with Crippen LogP contribution in [0.5, 0.6) is 0 Å². The Labute approximate surface area is 122 Å². The molecule has 0 bridgehead atoms. The molecule has 1 aliphatic carbocycles. The Balaban J connectivity index is 2.11. The first-order valence-corrected chi connectivity index (χ1v) is 6.88. The zero-order valence-corrected chi connectivity index (χ0v) is 11.4. The summed E-state index contributed by atoms with van der Waals surface area (Å²) in [6.07, 6.45) is 9.12. The van der Waals surface area contributed by atoms with Crippen molar-refractivity contribution in [2.75, 3.05) is 5.32 Å². The van der Waals surface area contributed by atoms with Gasteiger partial charge in [-0.25, -0.2) is 0 Å². The minimum atomic E-state index is 0.734. The molecule has 2 aromatic carbocycles. The number of anilines is 1. The monoisotopic (exact) mass is 276 g/mol. The van der Waals surface area contributed by atoms with Crippen molar-refractivity contribution in [2.24, 2.45) is 0 Å². The van der Waals surface area contributed by atoms with Gasteiger partial charge in [0.15, 0.2) is 5.70 Å². The Morgan fingerprint density at radius 1 is 0.900 bits per heavy atom. The average molecular weight is 277 g/mol. The van der Waals surface area contributed by atoms with Gasteiger partial charge >= 0.3 is 0 Å². The van der Waals surface area contributed by atoms with Crippen LogP contribution in [0, 0.1) is 6.08 Å². The molecule has 1 aliphatic heterocycles. The lowest BCUT2D eigenvalue weighted by Gasteiger charge is -2.10. The van der Waals surface area contributed by atoms with Crippen LogP contribution < -0.4 is 5.32 Å². The standard InChI is InChI=1S/C18H11ClN/c19-16-10-5-9-15-13-7-2-1-6-12(13)14-8-3-4-11-17(14)20-18(15)16/h1-2,4-11,20H/q+1. The smallest absolute Gasteiger partial charge is 0.161 e. The summed E-state index contributed by atoms with van der Waals surface area (Å²) < 4.78 is 0. The molecular formula is C18H11ClN+. The highest BCUT2D eigenvalue weighted by Gasteiger charge is 2.25. The SMILES string of the molecule is Clc1cccc2c1NC1=C(C=[C+]C=C1)c1ccccc1-2.